The van der Waals surface area contributed by atoms with Crippen LogP contribution < -0.4 is 4.90 Å². The number of carbonyl (C=O) groups is 1. The normalized spacial score (nSPS) is 20.4. The van der Waals surface area contributed by atoms with Gasteiger partial charge in [0.25, 0.3) is 0 Å². The first kappa shape index (κ1) is 13.6. The second-order valence-corrected chi connectivity index (χ2v) is 5.12. The molecule has 1 aromatic carbocycles. The van der Waals surface area contributed by atoms with Gasteiger partial charge >= 0.3 is 0 Å². The van der Waals surface area contributed by atoms with Gasteiger partial charge in [0.2, 0.25) is 5.91 Å². The Balaban J connectivity index is 2.27. The zero-order chi connectivity index (χ0) is 14.0. The molecule has 0 N–H and O–H groups in total. The van der Waals surface area contributed by atoms with Crippen LogP contribution in [0.4, 0.5) is 5.69 Å². The van der Waals surface area contributed by atoms with Crippen LogP contribution in [0.1, 0.15) is 17.5 Å². The molecule has 1 aromatic rings. The molecular formula is C15H19N3O. The average molecular weight is 257 g/mol. The Hall–Kier alpha value is -1.86. The van der Waals surface area contributed by atoms with E-state index in [1.54, 1.807) is 4.90 Å². The summed E-state index contributed by atoms with van der Waals surface area (Å²) in [4.78, 5) is 16.2. The van der Waals surface area contributed by atoms with Gasteiger partial charge in [0.05, 0.1) is 12.5 Å². The number of amides is 1. The maximum absolute atomic E-state index is 12.5. The predicted octanol–water partition coefficient (Wildman–Crippen LogP) is 1.86. The van der Waals surface area contributed by atoms with Crippen LogP contribution in [-0.4, -0.2) is 37.0 Å². The molecule has 0 spiro atoms. The summed E-state index contributed by atoms with van der Waals surface area (Å²) < 4.78 is 0. The molecule has 1 amide bonds. The Morgan fingerprint density at radius 3 is 2.68 bits per heavy atom. The van der Waals surface area contributed by atoms with Gasteiger partial charge in [0.1, 0.15) is 6.04 Å². The number of nitriles is 1. The number of anilines is 1. The number of nitrogens with zero attached hydrogens (tertiary/aromatic N) is 3. The van der Waals surface area contributed by atoms with Crippen molar-refractivity contribution in [3.8, 4) is 6.07 Å². The molecule has 1 unspecified atom stereocenters. The smallest absolute Gasteiger partial charge is 0.245 e. The van der Waals surface area contributed by atoms with Gasteiger partial charge in [0, 0.05) is 18.8 Å². The number of benzene rings is 1. The maximum atomic E-state index is 12.5. The largest absolute Gasteiger partial charge is 0.310 e. The first-order valence-corrected chi connectivity index (χ1v) is 6.50. The van der Waals surface area contributed by atoms with Crippen LogP contribution in [0.2, 0.25) is 0 Å². The number of hydrogen-bond donors (Lipinski definition) is 0. The van der Waals surface area contributed by atoms with Gasteiger partial charge in [-0.3, -0.25) is 9.69 Å². The molecule has 0 saturated carbocycles. The highest BCUT2D eigenvalue weighted by atomic mass is 16.2. The number of hydrogen-bond acceptors (Lipinski definition) is 3. The van der Waals surface area contributed by atoms with E-state index in [1.807, 2.05) is 37.1 Å². The molecule has 1 heterocycles. The molecule has 0 radical (unpaired) electrons. The molecular weight excluding hydrogens is 238 g/mol. The summed E-state index contributed by atoms with van der Waals surface area (Å²) in [5, 5.41) is 8.84. The number of piperazine rings is 1. The van der Waals surface area contributed by atoms with E-state index in [0.29, 0.717) is 6.54 Å². The number of rotatable bonds is 2. The van der Waals surface area contributed by atoms with Crippen LogP contribution in [0.3, 0.4) is 0 Å². The Kier molecular flexibility index (Phi) is 3.87. The van der Waals surface area contributed by atoms with Gasteiger partial charge in [0.15, 0.2) is 0 Å². The lowest BCUT2D eigenvalue weighted by Gasteiger charge is -2.37. The van der Waals surface area contributed by atoms with E-state index in [9.17, 15) is 4.79 Å². The Morgan fingerprint density at radius 2 is 2.05 bits per heavy atom. The highest BCUT2D eigenvalue weighted by molar-refractivity contribution is 5.98. The van der Waals surface area contributed by atoms with Crippen LogP contribution in [-0.2, 0) is 4.79 Å². The molecule has 1 saturated heterocycles. The van der Waals surface area contributed by atoms with Crippen LogP contribution in [0.25, 0.3) is 0 Å². The Bertz CT molecular complexity index is 533. The molecule has 1 aliphatic rings. The van der Waals surface area contributed by atoms with Gasteiger partial charge in [-0.25, -0.2) is 0 Å². The third kappa shape index (κ3) is 2.61. The van der Waals surface area contributed by atoms with Crippen LogP contribution in [0, 0.1) is 25.2 Å². The molecule has 19 heavy (non-hydrogen) atoms. The van der Waals surface area contributed by atoms with Crippen molar-refractivity contribution in [3.05, 3.63) is 29.3 Å². The summed E-state index contributed by atoms with van der Waals surface area (Å²) in [5.41, 5.74) is 3.34. The first-order chi connectivity index (χ1) is 9.04. The second-order valence-electron chi connectivity index (χ2n) is 5.12. The lowest BCUT2D eigenvalue weighted by Crippen LogP contribution is -2.55. The fourth-order valence-electron chi connectivity index (χ4n) is 2.37. The lowest BCUT2D eigenvalue weighted by atomic mass is 10.1. The molecule has 0 bridgehead atoms. The molecule has 100 valence electrons. The number of likely N-dealkylation sites (N-methyl/N-ethyl adjacent to an activating group) is 1. The molecule has 4 heteroatoms. The lowest BCUT2D eigenvalue weighted by molar-refractivity contribution is -0.125. The third-order valence-corrected chi connectivity index (χ3v) is 3.85. The van der Waals surface area contributed by atoms with E-state index < -0.39 is 0 Å². The van der Waals surface area contributed by atoms with Crippen molar-refractivity contribution in [2.24, 2.45) is 0 Å². The van der Waals surface area contributed by atoms with E-state index in [-0.39, 0.29) is 18.4 Å². The van der Waals surface area contributed by atoms with Crippen molar-refractivity contribution in [1.82, 2.24) is 4.90 Å². The highest BCUT2D eigenvalue weighted by Crippen LogP contribution is 2.23. The minimum atomic E-state index is -0.319. The predicted molar refractivity (Wildman–Crippen MR) is 74.9 cm³/mol. The molecule has 0 aliphatic carbocycles. The fourth-order valence-corrected chi connectivity index (χ4v) is 2.37. The number of carbonyl (C=O) groups excluding carboxylic acids is 1. The Morgan fingerprint density at radius 1 is 1.32 bits per heavy atom. The van der Waals surface area contributed by atoms with Gasteiger partial charge in [-0.1, -0.05) is 6.07 Å². The van der Waals surface area contributed by atoms with Crippen molar-refractivity contribution in [1.29, 1.82) is 5.26 Å². The van der Waals surface area contributed by atoms with E-state index in [0.717, 1.165) is 12.2 Å². The van der Waals surface area contributed by atoms with Crippen LogP contribution in [0.15, 0.2) is 18.2 Å². The summed E-state index contributed by atoms with van der Waals surface area (Å²) in [6.45, 7) is 5.58. The van der Waals surface area contributed by atoms with Crippen molar-refractivity contribution >= 4 is 11.6 Å². The van der Waals surface area contributed by atoms with Crippen molar-refractivity contribution in [2.75, 3.05) is 25.0 Å². The van der Waals surface area contributed by atoms with Crippen LogP contribution in [0.5, 0.6) is 0 Å². The SMILES string of the molecule is Cc1ccc(N2CCN(C)C(CC#N)C2=O)cc1C. The minimum Gasteiger partial charge on any atom is -0.310 e. The summed E-state index contributed by atoms with van der Waals surface area (Å²) in [7, 11) is 1.90. The van der Waals surface area contributed by atoms with E-state index in [4.69, 9.17) is 5.26 Å². The highest BCUT2D eigenvalue weighted by Gasteiger charge is 2.33. The van der Waals surface area contributed by atoms with Crippen LogP contribution >= 0.6 is 0 Å². The monoisotopic (exact) mass is 257 g/mol. The summed E-state index contributed by atoms with van der Waals surface area (Å²) in [5.74, 6) is 0.0264. The minimum absolute atomic E-state index is 0.0264. The third-order valence-electron chi connectivity index (χ3n) is 3.85. The molecule has 4 nitrogen and oxygen atoms in total. The van der Waals surface area contributed by atoms with Gasteiger partial charge in [-0.15, -0.1) is 0 Å². The standard InChI is InChI=1S/C15H19N3O/c1-11-4-5-13(10-12(11)2)18-9-8-17(3)14(6-7-16)15(18)19/h4-5,10,14H,6,8-9H2,1-3H3. The van der Waals surface area contributed by atoms with Gasteiger partial charge in [-0.05, 0) is 44.2 Å². The summed E-state index contributed by atoms with van der Waals surface area (Å²) in [6.07, 6.45) is 0.247. The first-order valence-electron chi connectivity index (χ1n) is 6.50. The number of aryl methyl sites for hydroxylation is 2. The molecule has 2 rings (SSSR count). The molecule has 0 aromatic heterocycles. The second kappa shape index (κ2) is 5.41. The summed E-state index contributed by atoms with van der Waals surface area (Å²) in [6, 6.07) is 7.84. The fraction of sp³-hybridized carbons (Fsp3) is 0.467. The van der Waals surface area contributed by atoms with E-state index in [2.05, 4.69) is 13.0 Å². The average Bonchev–Trinajstić information content (AvgIpc) is 2.38. The van der Waals surface area contributed by atoms with Crippen molar-refractivity contribution in [2.45, 2.75) is 26.3 Å². The van der Waals surface area contributed by atoms with Crippen molar-refractivity contribution in [3.63, 3.8) is 0 Å². The molecule has 1 aliphatic heterocycles. The zero-order valence-corrected chi connectivity index (χ0v) is 11.7. The molecule has 1 fully saturated rings. The van der Waals surface area contributed by atoms with E-state index in [1.165, 1.54) is 11.1 Å². The quantitative estimate of drug-likeness (QED) is 0.812. The van der Waals surface area contributed by atoms with Crippen molar-refractivity contribution < 1.29 is 4.79 Å². The zero-order valence-electron chi connectivity index (χ0n) is 11.7. The maximum Gasteiger partial charge on any atom is 0.245 e. The summed E-state index contributed by atoms with van der Waals surface area (Å²) >= 11 is 0. The topological polar surface area (TPSA) is 47.3 Å². The Labute approximate surface area is 114 Å². The molecule has 1 atom stereocenters. The van der Waals surface area contributed by atoms with Gasteiger partial charge < -0.3 is 4.90 Å². The van der Waals surface area contributed by atoms with E-state index >= 15 is 0 Å². The van der Waals surface area contributed by atoms with Gasteiger partial charge in [-0.2, -0.15) is 5.26 Å².